The van der Waals surface area contributed by atoms with Crippen LogP contribution in [0, 0.1) is 17.8 Å². The number of fused-ring (bicyclic) bond motifs is 2. The molecule has 4 rings (SSSR count). The van der Waals surface area contributed by atoms with E-state index in [1.54, 1.807) is 48.5 Å². The van der Waals surface area contributed by atoms with Gasteiger partial charge in [0.1, 0.15) is 0 Å². The maximum absolute atomic E-state index is 12.6. The second-order valence-corrected chi connectivity index (χ2v) is 7.90. The van der Waals surface area contributed by atoms with Crippen LogP contribution >= 0.6 is 11.6 Å². The Bertz CT molecular complexity index is 849. The van der Waals surface area contributed by atoms with Crippen molar-refractivity contribution >= 4 is 34.8 Å². The van der Waals surface area contributed by atoms with E-state index in [0.29, 0.717) is 33.8 Å². The summed E-state index contributed by atoms with van der Waals surface area (Å²) in [5.41, 5.74) is 8.14. The van der Waals surface area contributed by atoms with Gasteiger partial charge in [0, 0.05) is 28.0 Å². The van der Waals surface area contributed by atoms with Crippen LogP contribution in [0.3, 0.4) is 0 Å². The van der Waals surface area contributed by atoms with Gasteiger partial charge in [-0.15, -0.1) is 0 Å². The summed E-state index contributed by atoms with van der Waals surface area (Å²) in [6, 6.07) is 13.8. The van der Waals surface area contributed by atoms with E-state index in [1.165, 1.54) is 0 Å². The van der Waals surface area contributed by atoms with E-state index < -0.39 is 0 Å². The third kappa shape index (κ3) is 3.70. The number of hydrogen-bond acceptors (Lipinski definition) is 3. The average molecular weight is 384 g/mol. The summed E-state index contributed by atoms with van der Waals surface area (Å²) in [4.78, 5) is 24.9. The van der Waals surface area contributed by atoms with Gasteiger partial charge < -0.3 is 16.4 Å². The third-order valence-electron chi connectivity index (χ3n) is 5.80. The van der Waals surface area contributed by atoms with E-state index in [-0.39, 0.29) is 23.8 Å². The van der Waals surface area contributed by atoms with Crippen molar-refractivity contribution in [3.05, 3.63) is 59.1 Å². The fourth-order valence-electron chi connectivity index (χ4n) is 4.39. The first-order chi connectivity index (χ1) is 13.0. The number of amides is 2. The Labute approximate surface area is 163 Å². The Kier molecular flexibility index (Phi) is 4.89. The van der Waals surface area contributed by atoms with Crippen LogP contribution in [0.1, 0.15) is 29.6 Å². The van der Waals surface area contributed by atoms with Gasteiger partial charge in [-0.25, -0.2) is 0 Å². The highest BCUT2D eigenvalue weighted by Gasteiger charge is 2.49. The smallest absolute Gasteiger partial charge is 0.255 e. The molecule has 2 aliphatic rings. The molecule has 2 bridgehead atoms. The molecule has 27 heavy (non-hydrogen) atoms. The van der Waals surface area contributed by atoms with Gasteiger partial charge in [-0.3, -0.25) is 9.59 Å². The molecule has 0 aliphatic heterocycles. The molecule has 2 aromatic carbocycles. The van der Waals surface area contributed by atoms with Crippen LogP contribution in [0.4, 0.5) is 11.4 Å². The average Bonchev–Trinajstić information content (AvgIpc) is 3.25. The highest BCUT2D eigenvalue weighted by Crippen LogP contribution is 2.47. The summed E-state index contributed by atoms with van der Waals surface area (Å²) < 4.78 is 0. The molecule has 6 heteroatoms. The summed E-state index contributed by atoms with van der Waals surface area (Å²) in [5.74, 6) is 0.622. The van der Waals surface area contributed by atoms with E-state index in [0.717, 1.165) is 19.3 Å². The minimum absolute atomic E-state index is 0.00708. The van der Waals surface area contributed by atoms with E-state index in [1.807, 2.05) is 0 Å². The Morgan fingerprint density at radius 1 is 0.889 bits per heavy atom. The normalized spacial score (nSPS) is 26.0. The number of anilines is 2. The molecule has 2 saturated carbocycles. The monoisotopic (exact) mass is 383 g/mol. The fourth-order valence-corrected chi connectivity index (χ4v) is 4.52. The summed E-state index contributed by atoms with van der Waals surface area (Å²) in [6.45, 7) is 0. The van der Waals surface area contributed by atoms with Crippen molar-refractivity contribution in [2.45, 2.75) is 25.3 Å². The van der Waals surface area contributed by atoms with E-state index >= 15 is 0 Å². The lowest BCUT2D eigenvalue weighted by atomic mass is 9.84. The lowest BCUT2D eigenvalue weighted by Gasteiger charge is -2.27. The molecule has 4 atom stereocenters. The number of nitrogens with two attached hydrogens (primary N) is 1. The Balaban J connectivity index is 1.37. The van der Waals surface area contributed by atoms with Crippen molar-refractivity contribution in [1.29, 1.82) is 0 Å². The van der Waals surface area contributed by atoms with Gasteiger partial charge in [0.15, 0.2) is 0 Å². The number of carbonyl (C=O) groups excluding carboxylic acids is 2. The molecule has 2 aliphatic carbocycles. The quantitative estimate of drug-likeness (QED) is 0.748. The van der Waals surface area contributed by atoms with Gasteiger partial charge in [0.25, 0.3) is 5.91 Å². The maximum atomic E-state index is 12.6. The number of rotatable bonds is 4. The molecule has 2 aromatic rings. The summed E-state index contributed by atoms with van der Waals surface area (Å²) in [6.07, 6.45) is 3.33. The molecule has 140 valence electrons. The van der Waals surface area contributed by atoms with E-state index in [4.69, 9.17) is 17.3 Å². The van der Waals surface area contributed by atoms with Gasteiger partial charge in [-0.2, -0.15) is 0 Å². The molecule has 0 aromatic heterocycles. The van der Waals surface area contributed by atoms with Crippen molar-refractivity contribution in [1.82, 2.24) is 0 Å². The van der Waals surface area contributed by atoms with Gasteiger partial charge in [0.2, 0.25) is 5.91 Å². The lowest BCUT2D eigenvalue weighted by Crippen LogP contribution is -2.42. The summed E-state index contributed by atoms with van der Waals surface area (Å²) in [7, 11) is 0. The van der Waals surface area contributed by atoms with E-state index in [2.05, 4.69) is 10.6 Å². The predicted molar refractivity (Wildman–Crippen MR) is 107 cm³/mol. The first-order valence-electron chi connectivity index (χ1n) is 9.24. The second-order valence-electron chi connectivity index (χ2n) is 7.46. The molecule has 4 N–H and O–H groups in total. The lowest BCUT2D eigenvalue weighted by molar-refractivity contribution is -0.121. The Hall–Kier alpha value is -2.37. The fraction of sp³-hybridized carbons (Fsp3) is 0.333. The largest absolute Gasteiger partial charge is 0.327 e. The Morgan fingerprint density at radius 3 is 2.07 bits per heavy atom. The van der Waals surface area contributed by atoms with Crippen LogP contribution in [-0.2, 0) is 4.79 Å². The molecular weight excluding hydrogens is 362 g/mol. The standard InChI is InChI=1S/C21H22ClN3O2/c22-15-5-3-12(4-6-15)20(26)24-16-7-9-17(10-8-16)25-21(27)18-13-1-2-14(11-13)19(18)23/h3-10,13-14,18-19H,1-2,11,23H2,(H,24,26)(H,25,27). The molecule has 0 spiro atoms. The summed E-state index contributed by atoms with van der Waals surface area (Å²) >= 11 is 5.84. The number of carbonyl (C=O) groups is 2. The molecule has 5 nitrogen and oxygen atoms in total. The van der Waals surface area contributed by atoms with Crippen LogP contribution in [0.5, 0.6) is 0 Å². The second kappa shape index (κ2) is 7.33. The number of benzene rings is 2. The predicted octanol–water partition coefficient (Wildman–Crippen LogP) is 3.90. The highest BCUT2D eigenvalue weighted by molar-refractivity contribution is 6.30. The zero-order valence-electron chi connectivity index (χ0n) is 14.8. The number of hydrogen-bond donors (Lipinski definition) is 3. The van der Waals surface area contributed by atoms with Gasteiger partial charge >= 0.3 is 0 Å². The maximum Gasteiger partial charge on any atom is 0.255 e. The van der Waals surface area contributed by atoms with Crippen molar-refractivity contribution in [2.75, 3.05) is 10.6 Å². The topological polar surface area (TPSA) is 84.2 Å². The Morgan fingerprint density at radius 2 is 1.48 bits per heavy atom. The molecule has 0 heterocycles. The number of nitrogens with one attached hydrogen (secondary N) is 2. The van der Waals surface area contributed by atoms with Crippen LogP contribution in [0.2, 0.25) is 5.02 Å². The van der Waals surface area contributed by atoms with Gasteiger partial charge in [-0.05, 0) is 79.6 Å². The molecular formula is C21H22ClN3O2. The first kappa shape index (κ1) is 18.0. The van der Waals surface area contributed by atoms with Crippen molar-refractivity contribution in [3.63, 3.8) is 0 Å². The summed E-state index contributed by atoms with van der Waals surface area (Å²) in [5, 5.41) is 6.38. The third-order valence-corrected chi connectivity index (χ3v) is 6.05. The minimum atomic E-state index is -0.212. The molecule has 2 fully saturated rings. The molecule has 0 saturated heterocycles. The number of halogens is 1. The van der Waals surface area contributed by atoms with Gasteiger partial charge in [0.05, 0.1) is 5.92 Å². The van der Waals surface area contributed by atoms with E-state index in [9.17, 15) is 9.59 Å². The van der Waals surface area contributed by atoms with Crippen LogP contribution in [0.15, 0.2) is 48.5 Å². The van der Waals surface area contributed by atoms with Crippen molar-refractivity contribution in [2.24, 2.45) is 23.5 Å². The van der Waals surface area contributed by atoms with Gasteiger partial charge in [-0.1, -0.05) is 11.6 Å². The van der Waals surface area contributed by atoms with Crippen LogP contribution in [0.25, 0.3) is 0 Å². The first-order valence-corrected chi connectivity index (χ1v) is 9.62. The highest BCUT2D eigenvalue weighted by atomic mass is 35.5. The minimum Gasteiger partial charge on any atom is -0.327 e. The zero-order chi connectivity index (χ0) is 19.0. The van der Waals surface area contributed by atoms with Crippen LogP contribution in [-0.4, -0.2) is 17.9 Å². The SMILES string of the molecule is NC1C2CCC(C2)C1C(=O)Nc1ccc(NC(=O)c2ccc(Cl)cc2)cc1. The zero-order valence-corrected chi connectivity index (χ0v) is 15.6. The van der Waals surface area contributed by atoms with Crippen molar-refractivity contribution < 1.29 is 9.59 Å². The molecule has 4 unspecified atom stereocenters. The molecule has 2 amide bonds. The molecule has 0 radical (unpaired) electrons. The van der Waals surface area contributed by atoms with Crippen LogP contribution < -0.4 is 16.4 Å². The van der Waals surface area contributed by atoms with Crippen molar-refractivity contribution in [3.8, 4) is 0 Å².